The average Bonchev–Trinajstić information content (AvgIpc) is 2.28. The third-order valence-electron chi connectivity index (χ3n) is 2.28. The monoisotopic (exact) mass is 254 g/mol. The fourth-order valence-electron chi connectivity index (χ4n) is 1.49. The van der Waals surface area contributed by atoms with Crippen LogP contribution in [-0.2, 0) is 20.7 Å². The number of halogens is 1. The molecule has 0 unspecified atom stereocenters. The van der Waals surface area contributed by atoms with Crippen LogP contribution in [0, 0.1) is 5.82 Å². The Kier molecular flexibility index (Phi) is 5.26. The molecule has 98 valence electrons. The summed E-state index contributed by atoms with van der Waals surface area (Å²) in [7, 11) is 1.37. The van der Waals surface area contributed by atoms with E-state index in [0.717, 1.165) is 0 Å². The van der Waals surface area contributed by atoms with E-state index in [9.17, 15) is 14.0 Å². The highest BCUT2D eigenvalue weighted by atomic mass is 19.1. The molecule has 0 fully saturated rings. The summed E-state index contributed by atoms with van der Waals surface area (Å²) in [5, 5.41) is 2.42. The van der Waals surface area contributed by atoms with Crippen molar-refractivity contribution in [2.24, 2.45) is 5.73 Å². The minimum absolute atomic E-state index is 0.141. The zero-order chi connectivity index (χ0) is 13.5. The van der Waals surface area contributed by atoms with E-state index in [1.165, 1.54) is 25.3 Å². The summed E-state index contributed by atoms with van der Waals surface area (Å²) < 4.78 is 17.6. The van der Waals surface area contributed by atoms with Crippen LogP contribution in [0.5, 0.6) is 0 Å². The lowest BCUT2D eigenvalue weighted by molar-refractivity contribution is -0.129. The van der Waals surface area contributed by atoms with Gasteiger partial charge in [-0.3, -0.25) is 9.59 Å². The molecule has 1 atom stereocenters. The molecule has 6 heteroatoms. The fourth-order valence-corrected chi connectivity index (χ4v) is 1.49. The first-order valence-electron chi connectivity index (χ1n) is 5.35. The molecule has 0 aliphatic heterocycles. The Morgan fingerprint density at radius 1 is 1.50 bits per heavy atom. The van der Waals surface area contributed by atoms with Crippen molar-refractivity contribution in [3.63, 3.8) is 0 Å². The van der Waals surface area contributed by atoms with Gasteiger partial charge in [0.1, 0.15) is 18.5 Å². The molecule has 5 nitrogen and oxygen atoms in total. The van der Waals surface area contributed by atoms with Gasteiger partial charge in [0.25, 0.3) is 0 Å². The van der Waals surface area contributed by atoms with Gasteiger partial charge in [-0.25, -0.2) is 4.39 Å². The largest absolute Gasteiger partial charge is 0.375 e. The summed E-state index contributed by atoms with van der Waals surface area (Å²) >= 11 is 0. The maximum absolute atomic E-state index is 13.0. The number of benzene rings is 1. The van der Waals surface area contributed by atoms with Crippen LogP contribution in [0.2, 0.25) is 0 Å². The number of hydrogen-bond acceptors (Lipinski definition) is 3. The lowest BCUT2D eigenvalue weighted by Crippen LogP contribution is -2.47. The first-order chi connectivity index (χ1) is 8.52. The zero-order valence-electron chi connectivity index (χ0n) is 9.98. The van der Waals surface area contributed by atoms with E-state index in [2.05, 4.69) is 10.1 Å². The van der Waals surface area contributed by atoms with Crippen molar-refractivity contribution in [3.05, 3.63) is 35.6 Å². The van der Waals surface area contributed by atoms with Crippen LogP contribution in [0.25, 0.3) is 0 Å². The first kappa shape index (κ1) is 14.1. The summed E-state index contributed by atoms with van der Waals surface area (Å²) in [5.74, 6) is -1.53. The molecule has 0 heterocycles. The molecule has 0 aliphatic carbocycles. The molecule has 18 heavy (non-hydrogen) atoms. The molecule has 2 amide bonds. The number of amides is 2. The molecule has 0 saturated carbocycles. The van der Waals surface area contributed by atoms with Crippen LogP contribution in [0.3, 0.4) is 0 Å². The molecule has 1 rings (SSSR count). The molecule has 0 saturated heterocycles. The van der Waals surface area contributed by atoms with E-state index in [-0.39, 0.29) is 13.0 Å². The number of carbonyl (C=O) groups excluding carboxylic acids is 2. The van der Waals surface area contributed by atoms with Crippen LogP contribution in [-0.4, -0.2) is 31.6 Å². The minimum Gasteiger partial charge on any atom is -0.375 e. The van der Waals surface area contributed by atoms with Gasteiger partial charge in [-0.1, -0.05) is 12.1 Å². The Bertz CT molecular complexity index is 437. The normalized spacial score (nSPS) is 11.9. The summed E-state index contributed by atoms with van der Waals surface area (Å²) in [4.78, 5) is 22.5. The van der Waals surface area contributed by atoms with Gasteiger partial charge in [-0.2, -0.15) is 0 Å². The Morgan fingerprint density at radius 2 is 2.22 bits per heavy atom. The molecule has 1 aromatic carbocycles. The van der Waals surface area contributed by atoms with Crippen molar-refractivity contribution in [3.8, 4) is 0 Å². The highest BCUT2D eigenvalue weighted by molar-refractivity contribution is 5.87. The van der Waals surface area contributed by atoms with Gasteiger partial charge in [0.2, 0.25) is 11.8 Å². The van der Waals surface area contributed by atoms with E-state index in [1.807, 2.05) is 0 Å². The standard InChI is InChI=1S/C12H15FN2O3/c1-18-7-11(16)15-10(12(14)17)6-8-3-2-4-9(13)5-8/h2-5,10H,6-7H2,1H3,(H2,14,17)(H,15,16)/t10-/m0/s1. The van der Waals surface area contributed by atoms with Crippen molar-refractivity contribution in [2.75, 3.05) is 13.7 Å². The molecule has 1 aromatic rings. The van der Waals surface area contributed by atoms with Gasteiger partial charge in [-0.15, -0.1) is 0 Å². The summed E-state index contributed by atoms with van der Waals surface area (Å²) in [6.07, 6.45) is 0.141. The van der Waals surface area contributed by atoms with Gasteiger partial charge in [0, 0.05) is 13.5 Å². The Morgan fingerprint density at radius 3 is 2.78 bits per heavy atom. The summed E-state index contributed by atoms with van der Waals surface area (Å²) in [6.45, 7) is -0.160. The van der Waals surface area contributed by atoms with Gasteiger partial charge in [-0.05, 0) is 17.7 Å². The molecule has 0 spiro atoms. The Hall–Kier alpha value is -1.95. The van der Waals surface area contributed by atoms with E-state index in [4.69, 9.17) is 5.73 Å². The number of ether oxygens (including phenoxy) is 1. The van der Waals surface area contributed by atoms with Crippen LogP contribution < -0.4 is 11.1 Å². The lowest BCUT2D eigenvalue weighted by atomic mass is 10.1. The van der Waals surface area contributed by atoms with Crippen molar-refractivity contribution in [1.82, 2.24) is 5.32 Å². The fraction of sp³-hybridized carbons (Fsp3) is 0.333. The van der Waals surface area contributed by atoms with Crippen LogP contribution in [0.4, 0.5) is 4.39 Å². The SMILES string of the molecule is COCC(=O)N[C@@H](Cc1cccc(F)c1)C(N)=O. The third-order valence-corrected chi connectivity index (χ3v) is 2.28. The molecule has 3 N–H and O–H groups in total. The highest BCUT2D eigenvalue weighted by Gasteiger charge is 2.18. The highest BCUT2D eigenvalue weighted by Crippen LogP contribution is 2.06. The number of nitrogens with two attached hydrogens (primary N) is 1. The summed E-state index contributed by atoms with van der Waals surface area (Å²) in [6, 6.07) is 4.89. The molecular weight excluding hydrogens is 239 g/mol. The molecule has 0 aliphatic rings. The van der Waals surface area contributed by atoms with E-state index >= 15 is 0 Å². The van der Waals surface area contributed by atoms with Crippen LogP contribution >= 0.6 is 0 Å². The Labute approximate surface area is 104 Å². The van der Waals surface area contributed by atoms with Gasteiger partial charge in [0.15, 0.2) is 0 Å². The number of hydrogen-bond donors (Lipinski definition) is 2. The van der Waals surface area contributed by atoms with Gasteiger partial charge in [0.05, 0.1) is 0 Å². The number of nitrogens with one attached hydrogen (secondary N) is 1. The quantitative estimate of drug-likeness (QED) is 0.748. The third kappa shape index (κ3) is 4.50. The second-order valence-corrected chi connectivity index (χ2v) is 3.79. The number of methoxy groups -OCH3 is 1. The Balaban J connectivity index is 2.69. The number of primary amides is 1. The second-order valence-electron chi connectivity index (χ2n) is 3.79. The van der Waals surface area contributed by atoms with Crippen molar-refractivity contribution in [1.29, 1.82) is 0 Å². The molecular formula is C12H15FN2O3. The maximum atomic E-state index is 13.0. The average molecular weight is 254 g/mol. The molecule has 0 aromatic heterocycles. The van der Waals surface area contributed by atoms with E-state index < -0.39 is 23.7 Å². The summed E-state index contributed by atoms with van der Waals surface area (Å²) in [5.41, 5.74) is 5.76. The number of rotatable bonds is 6. The predicted octanol–water partition coefficient (Wildman–Crippen LogP) is -0.0153. The van der Waals surface area contributed by atoms with Crippen molar-refractivity contribution in [2.45, 2.75) is 12.5 Å². The van der Waals surface area contributed by atoms with E-state index in [1.54, 1.807) is 6.07 Å². The minimum atomic E-state index is -0.880. The first-order valence-corrected chi connectivity index (χ1v) is 5.35. The van der Waals surface area contributed by atoms with Gasteiger partial charge >= 0.3 is 0 Å². The lowest BCUT2D eigenvalue weighted by Gasteiger charge is -2.15. The second kappa shape index (κ2) is 6.70. The van der Waals surface area contributed by atoms with Crippen molar-refractivity contribution >= 4 is 11.8 Å². The van der Waals surface area contributed by atoms with Crippen molar-refractivity contribution < 1.29 is 18.7 Å². The zero-order valence-corrected chi connectivity index (χ0v) is 9.98. The maximum Gasteiger partial charge on any atom is 0.246 e. The molecule has 0 radical (unpaired) electrons. The van der Waals surface area contributed by atoms with Crippen LogP contribution in [0.1, 0.15) is 5.56 Å². The van der Waals surface area contributed by atoms with Gasteiger partial charge < -0.3 is 15.8 Å². The predicted molar refractivity (Wildman–Crippen MR) is 63.1 cm³/mol. The number of carbonyl (C=O) groups is 2. The smallest absolute Gasteiger partial charge is 0.246 e. The molecule has 0 bridgehead atoms. The van der Waals surface area contributed by atoms with Crippen LogP contribution in [0.15, 0.2) is 24.3 Å². The topological polar surface area (TPSA) is 81.4 Å². The van der Waals surface area contributed by atoms with E-state index in [0.29, 0.717) is 5.56 Å².